The second-order valence-corrected chi connectivity index (χ2v) is 9.15. The molecule has 0 amide bonds. The van der Waals surface area contributed by atoms with Crippen LogP contribution in [0.1, 0.15) is 61.1 Å². The highest BCUT2D eigenvalue weighted by Gasteiger charge is 2.82. The van der Waals surface area contributed by atoms with Crippen molar-refractivity contribution in [1.29, 1.82) is 0 Å². The number of fused-ring (bicyclic) bond motifs is 1. The lowest BCUT2D eigenvalue weighted by Gasteiger charge is -2.74. The highest BCUT2D eigenvalue weighted by atomic mass is 19.3. The van der Waals surface area contributed by atoms with Crippen LogP contribution in [-0.4, -0.2) is 16.8 Å². The van der Waals surface area contributed by atoms with Crippen molar-refractivity contribution in [2.45, 2.75) is 51.1 Å². The number of rotatable bonds is 5. The Hall–Kier alpha value is -1.55. The third-order valence-corrected chi connectivity index (χ3v) is 8.35. The molecule has 0 aliphatic heterocycles. The van der Waals surface area contributed by atoms with Gasteiger partial charge in [-0.15, -0.1) is 0 Å². The van der Waals surface area contributed by atoms with E-state index in [2.05, 4.69) is 6.58 Å². The lowest BCUT2D eigenvalue weighted by atomic mass is 9.30. The third-order valence-electron chi connectivity index (χ3n) is 8.35. The van der Waals surface area contributed by atoms with Gasteiger partial charge in [0.15, 0.2) is 5.78 Å². The molecule has 4 heteroatoms. The lowest BCUT2D eigenvalue weighted by Crippen LogP contribution is -2.68. The normalized spacial score (nSPS) is 40.4. The first-order valence-electron chi connectivity index (χ1n) is 9.59. The summed E-state index contributed by atoms with van der Waals surface area (Å²) in [5.41, 5.74) is 0.146. The Morgan fingerprint density at radius 3 is 2.46 bits per heavy atom. The Bertz CT molecular complexity index is 814. The molecule has 6 unspecified atom stereocenters. The maximum atomic E-state index is 15.3. The molecular weight excluding hydrogens is 334 g/mol. The van der Waals surface area contributed by atoms with Gasteiger partial charge in [-0.3, -0.25) is 4.79 Å². The third kappa shape index (κ3) is 1.68. The second-order valence-electron chi connectivity index (χ2n) is 9.15. The number of ketones is 1. The standard InChI is InChI=1S/C22H24F2O2/c1-12(25)15-3-5-16(6-4-15)19(26)22(23,24)13(2)20-9-14-7-17-8-18(11-20)21(17,20)10-14/h3-6,14,17-19,26H,2,7-11H2,1H3. The van der Waals surface area contributed by atoms with Crippen LogP contribution >= 0.6 is 0 Å². The summed E-state index contributed by atoms with van der Waals surface area (Å²) >= 11 is 0. The SMILES string of the molecule is C=C(C(F)(F)C(O)c1ccc(C(C)=O)cc1)C12CC3CC4CC(C1)C42C3. The molecule has 4 fully saturated rings. The number of hydrogen-bond acceptors (Lipinski definition) is 2. The Morgan fingerprint density at radius 1 is 1.19 bits per heavy atom. The highest BCUT2D eigenvalue weighted by molar-refractivity contribution is 5.94. The minimum Gasteiger partial charge on any atom is -0.382 e. The van der Waals surface area contributed by atoms with E-state index in [0.717, 1.165) is 19.3 Å². The Kier molecular flexibility index (Phi) is 3.09. The summed E-state index contributed by atoms with van der Waals surface area (Å²) in [4.78, 5) is 11.4. The zero-order valence-electron chi connectivity index (χ0n) is 15.0. The van der Waals surface area contributed by atoms with Gasteiger partial charge in [-0.1, -0.05) is 30.8 Å². The number of alkyl halides is 2. The molecule has 4 saturated carbocycles. The van der Waals surface area contributed by atoms with Gasteiger partial charge in [0, 0.05) is 16.6 Å². The monoisotopic (exact) mass is 358 g/mol. The van der Waals surface area contributed by atoms with Gasteiger partial charge in [0.25, 0.3) is 5.92 Å². The van der Waals surface area contributed by atoms with E-state index in [-0.39, 0.29) is 22.3 Å². The molecular formula is C22H24F2O2. The Balaban J connectivity index is 1.44. The average molecular weight is 358 g/mol. The molecule has 4 aliphatic carbocycles. The van der Waals surface area contributed by atoms with Gasteiger partial charge in [-0.2, -0.15) is 8.78 Å². The van der Waals surface area contributed by atoms with Crippen molar-refractivity contribution in [2.24, 2.45) is 28.6 Å². The van der Waals surface area contributed by atoms with E-state index in [0.29, 0.717) is 23.3 Å². The van der Waals surface area contributed by atoms with Crippen LogP contribution in [0.5, 0.6) is 0 Å². The second kappa shape index (κ2) is 4.83. The topological polar surface area (TPSA) is 37.3 Å². The van der Waals surface area contributed by atoms with E-state index in [1.807, 2.05) is 0 Å². The number of hydrogen-bond donors (Lipinski definition) is 1. The van der Waals surface area contributed by atoms with E-state index in [1.165, 1.54) is 44.0 Å². The number of halogens is 2. The highest BCUT2D eigenvalue weighted by Crippen LogP contribution is 2.88. The molecule has 0 radical (unpaired) electrons. The quantitative estimate of drug-likeness (QED) is 0.598. The number of aliphatic hydroxyl groups is 1. The number of Topliss-reactive ketones (excluding diaryl/α,β-unsaturated/α-hetero) is 1. The number of benzene rings is 1. The molecule has 6 atom stereocenters. The maximum absolute atomic E-state index is 15.3. The molecule has 5 rings (SSSR count). The fraction of sp³-hybridized carbons (Fsp3) is 0.591. The van der Waals surface area contributed by atoms with Crippen LogP contribution in [0.2, 0.25) is 0 Å². The van der Waals surface area contributed by atoms with Crippen LogP contribution in [0.15, 0.2) is 36.4 Å². The molecule has 1 aromatic rings. The predicted octanol–water partition coefficient (Wildman–Crippen LogP) is 4.94. The van der Waals surface area contributed by atoms with Gasteiger partial charge >= 0.3 is 0 Å². The van der Waals surface area contributed by atoms with Crippen LogP contribution in [0.4, 0.5) is 8.78 Å². The fourth-order valence-corrected chi connectivity index (χ4v) is 7.30. The average Bonchev–Trinajstić information content (AvgIpc) is 3.09. The molecule has 1 N–H and O–H groups in total. The van der Waals surface area contributed by atoms with Gasteiger partial charge in [0.2, 0.25) is 0 Å². The summed E-state index contributed by atoms with van der Waals surface area (Å²) in [6.07, 6.45) is 3.21. The van der Waals surface area contributed by atoms with Crippen molar-refractivity contribution >= 4 is 5.78 Å². The molecule has 1 spiro atoms. The van der Waals surface area contributed by atoms with Gasteiger partial charge in [0.05, 0.1) is 0 Å². The van der Waals surface area contributed by atoms with Crippen LogP contribution < -0.4 is 0 Å². The largest absolute Gasteiger partial charge is 0.382 e. The molecule has 2 bridgehead atoms. The van der Waals surface area contributed by atoms with Crippen molar-refractivity contribution in [3.05, 3.63) is 47.5 Å². The first-order valence-corrected chi connectivity index (χ1v) is 9.59. The molecule has 0 aromatic heterocycles. The summed E-state index contributed by atoms with van der Waals surface area (Å²) in [6.45, 7) is 5.31. The van der Waals surface area contributed by atoms with Crippen LogP contribution in [0.3, 0.4) is 0 Å². The summed E-state index contributed by atoms with van der Waals surface area (Å²) in [7, 11) is 0. The predicted molar refractivity (Wildman–Crippen MR) is 93.9 cm³/mol. The van der Waals surface area contributed by atoms with Crippen molar-refractivity contribution < 1.29 is 18.7 Å². The fourth-order valence-electron chi connectivity index (χ4n) is 7.30. The van der Waals surface area contributed by atoms with E-state index in [1.54, 1.807) is 0 Å². The summed E-state index contributed by atoms with van der Waals surface area (Å²) in [5.74, 6) is -1.73. The van der Waals surface area contributed by atoms with E-state index in [4.69, 9.17) is 0 Å². The summed E-state index contributed by atoms with van der Waals surface area (Å²) in [5, 5.41) is 10.5. The van der Waals surface area contributed by atoms with Gasteiger partial charge in [0.1, 0.15) is 6.10 Å². The summed E-state index contributed by atoms with van der Waals surface area (Å²) in [6, 6.07) is 5.84. The molecule has 0 heterocycles. The van der Waals surface area contributed by atoms with Gasteiger partial charge < -0.3 is 5.11 Å². The first-order chi connectivity index (χ1) is 12.2. The van der Waals surface area contributed by atoms with Crippen molar-refractivity contribution in [3.63, 3.8) is 0 Å². The molecule has 138 valence electrons. The molecule has 1 aromatic carbocycles. The minimum absolute atomic E-state index is 0.0451. The first kappa shape index (κ1) is 16.6. The van der Waals surface area contributed by atoms with Crippen LogP contribution in [-0.2, 0) is 0 Å². The van der Waals surface area contributed by atoms with Gasteiger partial charge in [-0.05, 0) is 67.8 Å². The number of carbonyl (C=O) groups is 1. The Morgan fingerprint density at radius 2 is 1.88 bits per heavy atom. The van der Waals surface area contributed by atoms with Crippen molar-refractivity contribution in [2.75, 3.05) is 0 Å². The minimum atomic E-state index is -3.36. The number of carbonyl (C=O) groups excluding carboxylic acids is 1. The zero-order valence-corrected chi connectivity index (χ0v) is 15.0. The molecule has 2 nitrogen and oxygen atoms in total. The van der Waals surface area contributed by atoms with E-state index in [9.17, 15) is 9.90 Å². The lowest BCUT2D eigenvalue weighted by molar-refractivity contribution is -0.242. The summed E-state index contributed by atoms with van der Waals surface area (Å²) < 4.78 is 30.6. The van der Waals surface area contributed by atoms with Crippen LogP contribution in [0.25, 0.3) is 0 Å². The maximum Gasteiger partial charge on any atom is 0.299 e. The molecule has 4 aliphatic rings. The number of aliphatic hydroxyl groups excluding tert-OH is 1. The van der Waals surface area contributed by atoms with E-state index < -0.39 is 17.4 Å². The van der Waals surface area contributed by atoms with Crippen molar-refractivity contribution in [1.82, 2.24) is 0 Å². The van der Waals surface area contributed by atoms with Crippen molar-refractivity contribution in [3.8, 4) is 0 Å². The molecule has 0 saturated heterocycles. The van der Waals surface area contributed by atoms with E-state index >= 15 is 8.78 Å². The smallest absolute Gasteiger partial charge is 0.299 e. The van der Waals surface area contributed by atoms with Gasteiger partial charge in [-0.25, -0.2) is 0 Å². The Labute approximate surface area is 152 Å². The zero-order chi connectivity index (χ0) is 18.5. The van der Waals surface area contributed by atoms with Crippen LogP contribution in [0, 0.1) is 28.6 Å². The molecule has 26 heavy (non-hydrogen) atoms.